The van der Waals surface area contributed by atoms with Crippen molar-refractivity contribution in [1.82, 2.24) is 10.2 Å². The summed E-state index contributed by atoms with van der Waals surface area (Å²) in [6.45, 7) is 3.08. The summed E-state index contributed by atoms with van der Waals surface area (Å²) in [4.78, 5) is 2.58. The monoisotopic (exact) mass is 398 g/mol. The third kappa shape index (κ3) is 4.96. The van der Waals surface area contributed by atoms with Crippen LogP contribution in [0.2, 0.25) is 0 Å². The Morgan fingerprint density at radius 3 is 2.72 bits per heavy atom. The van der Waals surface area contributed by atoms with Crippen molar-refractivity contribution in [3.05, 3.63) is 53.5 Å². The molecule has 2 aliphatic carbocycles. The van der Waals surface area contributed by atoms with Crippen molar-refractivity contribution in [2.24, 2.45) is 0 Å². The van der Waals surface area contributed by atoms with Crippen molar-refractivity contribution >= 4 is 0 Å². The highest BCUT2D eigenvalue weighted by Crippen LogP contribution is 2.31. The van der Waals surface area contributed by atoms with Gasteiger partial charge in [-0.25, -0.2) is 0 Å². The molecule has 1 N–H and O–H groups in total. The van der Waals surface area contributed by atoms with Gasteiger partial charge < -0.3 is 19.5 Å². The van der Waals surface area contributed by atoms with E-state index in [1.807, 2.05) is 12.1 Å². The van der Waals surface area contributed by atoms with Gasteiger partial charge in [0.25, 0.3) is 0 Å². The molecule has 0 aromatic heterocycles. The van der Waals surface area contributed by atoms with Crippen LogP contribution in [0.1, 0.15) is 37.7 Å². The molecule has 1 saturated heterocycles. The van der Waals surface area contributed by atoms with Gasteiger partial charge in [-0.1, -0.05) is 24.3 Å². The molecule has 1 aromatic rings. The van der Waals surface area contributed by atoms with Crippen LogP contribution in [-0.2, 0) is 15.9 Å². The lowest BCUT2D eigenvalue weighted by molar-refractivity contribution is 0.0804. The van der Waals surface area contributed by atoms with E-state index in [0.29, 0.717) is 18.2 Å². The lowest BCUT2D eigenvalue weighted by atomic mass is 9.99. The van der Waals surface area contributed by atoms with Crippen LogP contribution in [0.15, 0.2) is 47.9 Å². The quantitative estimate of drug-likeness (QED) is 0.759. The fraction of sp³-hybridized carbons (Fsp3) is 0.583. The van der Waals surface area contributed by atoms with Crippen molar-refractivity contribution in [2.45, 2.75) is 56.7 Å². The van der Waals surface area contributed by atoms with Gasteiger partial charge in [-0.05, 0) is 49.8 Å². The van der Waals surface area contributed by atoms with Gasteiger partial charge in [0.1, 0.15) is 11.5 Å². The van der Waals surface area contributed by atoms with E-state index in [0.717, 1.165) is 49.7 Å². The third-order valence-corrected chi connectivity index (χ3v) is 6.38. The first-order valence-electron chi connectivity index (χ1n) is 11.0. The largest absolute Gasteiger partial charge is 0.496 e. The Hall–Kier alpha value is -1.98. The lowest BCUT2D eigenvalue weighted by Crippen LogP contribution is -2.54. The standard InChI is InChI=1S/C24H34N2O3/c1-27-22-10-6-3-7-18(22)15-19-17-26(14-13-25-19)20-11-12-23(28-2)24(16-20)29-21-8-4-5-9-21/h3,6-7,10-12,19-21,25H,4-5,8-9,13-17H2,1-2H3/t19-,20?/m0/s1. The van der Waals surface area contributed by atoms with Crippen LogP contribution in [0, 0.1) is 0 Å². The van der Waals surface area contributed by atoms with E-state index >= 15 is 0 Å². The Morgan fingerprint density at radius 1 is 1.10 bits per heavy atom. The third-order valence-electron chi connectivity index (χ3n) is 6.38. The SMILES string of the molecule is COC1=C(OC2CCCC2)CC(N2CCN[C@@H](Cc3ccccc3OC)C2)C=C1. The van der Waals surface area contributed by atoms with Crippen LogP contribution in [-0.4, -0.2) is 56.9 Å². The summed E-state index contributed by atoms with van der Waals surface area (Å²) in [6.07, 6.45) is 11.5. The number of ether oxygens (including phenoxy) is 3. The minimum absolute atomic E-state index is 0.364. The van der Waals surface area contributed by atoms with Crippen molar-refractivity contribution in [2.75, 3.05) is 33.9 Å². The Balaban J connectivity index is 1.39. The number of benzene rings is 1. The summed E-state index contributed by atoms with van der Waals surface area (Å²) in [5.41, 5.74) is 1.26. The number of para-hydroxylation sites is 1. The topological polar surface area (TPSA) is 43.0 Å². The molecule has 3 aliphatic rings. The molecule has 1 aliphatic heterocycles. The number of nitrogens with zero attached hydrogens (tertiary/aromatic N) is 1. The number of hydrogen-bond donors (Lipinski definition) is 1. The molecule has 2 fully saturated rings. The molecule has 1 unspecified atom stereocenters. The number of rotatable bonds is 7. The normalized spacial score (nSPS) is 26.0. The second-order valence-electron chi connectivity index (χ2n) is 8.31. The van der Waals surface area contributed by atoms with Crippen LogP contribution >= 0.6 is 0 Å². The van der Waals surface area contributed by atoms with E-state index in [1.165, 1.54) is 31.2 Å². The molecule has 2 atom stereocenters. The molecule has 4 rings (SSSR count). The summed E-state index contributed by atoms with van der Waals surface area (Å²) in [6, 6.07) is 9.12. The highest BCUT2D eigenvalue weighted by Gasteiger charge is 2.30. The maximum absolute atomic E-state index is 6.37. The zero-order valence-corrected chi connectivity index (χ0v) is 17.7. The smallest absolute Gasteiger partial charge is 0.156 e. The van der Waals surface area contributed by atoms with Crippen LogP contribution in [0.25, 0.3) is 0 Å². The zero-order chi connectivity index (χ0) is 20.1. The van der Waals surface area contributed by atoms with Crippen LogP contribution in [0.4, 0.5) is 0 Å². The van der Waals surface area contributed by atoms with E-state index in [2.05, 4.69) is 34.5 Å². The lowest BCUT2D eigenvalue weighted by Gasteiger charge is -2.39. The van der Waals surface area contributed by atoms with E-state index in [9.17, 15) is 0 Å². The predicted octanol–water partition coefficient (Wildman–Crippen LogP) is 3.66. The van der Waals surface area contributed by atoms with Crippen LogP contribution in [0.5, 0.6) is 5.75 Å². The maximum atomic E-state index is 6.37. The van der Waals surface area contributed by atoms with E-state index in [4.69, 9.17) is 14.2 Å². The molecule has 158 valence electrons. The van der Waals surface area contributed by atoms with Gasteiger partial charge in [0.2, 0.25) is 0 Å². The molecular weight excluding hydrogens is 364 g/mol. The second-order valence-corrected chi connectivity index (χ2v) is 8.31. The number of methoxy groups -OCH3 is 2. The van der Waals surface area contributed by atoms with Gasteiger partial charge in [-0.3, -0.25) is 4.90 Å². The van der Waals surface area contributed by atoms with Crippen molar-refractivity contribution in [3.63, 3.8) is 0 Å². The van der Waals surface area contributed by atoms with Gasteiger partial charge >= 0.3 is 0 Å². The van der Waals surface area contributed by atoms with Gasteiger partial charge in [0.05, 0.1) is 20.3 Å². The first kappa shape index (κ1) is 20.3. The Labute approximate surface area is 174 Å². The Kier molecular flexibility index (Phi) is 6.78. The molecular formula is C24H34N2O3. The first-order chi connectivity index (χ1) is 14.3. The molecule has 0 amide bonds. The molecule has 5 nitrogen and oxygen atoms in total. The van der Waals surface area contributed by atoms with Crippen LogP contribution in [0.3, 0.4) is 0 Å². The fourth-order valence-electron chi connectivity index (χ4n) is 4.82. The van der Waals surface area contributed by atoms with Gasteiger partial charge in [-0.2, -0.15) is 0 Å². The first-order valence-corrected chi connectivity index (χ1v) is 11.0. The van der Waals surface area contributed by atoms with E-state index in [1.54, 1.807) is 14.2 Å². The van der Waals surface area contributed by atoms with E-state index in [-0.39, 0.29) is 0 Å². The minimum Gasteiger partial charge on any atom is -0.496 e. The van der Waals surface area contributed by atoms with Crippen molar-refractivity contribution in [1.29, 1.82) is 0 Å². The average Bonchev–Trinajstić information content (AvgIpc) is 3.27. The number of piperazine rings is 1. The maximum Gasteiger partial charge on any atom is 0.156 e. The second kappa shape index (κ2) is 9.68. The highest BCUT2D eigenvalue weighted by molar-refractivity contribution is 5.34. The summed E-state index contributed by atoms with van der Waals surface area (Å²) in [7, 11) is 3.49. The molecule has 0 bridgehead atoms. The number of allylic oxidation sites excluding steroid dienone is 1. The van der Waals surface area contributed by atoms with E-state index < -0.39 is 0 Å². The minimum atomic E-state index is 0.364. The van der Waals surface area contributed by atoms with Gasteiger partial charge in [0.15, 0.2) is 5.76 Å². The number of hydrogen-bond acceptors (Lipinski definition) is 5. The Bertz CT molecular complexity index is 739. The van der Waals surface area contributed by atoms with Gasteiger partial charge in [0, 0.05) is 38.1 Å². The molecule has 29 heavy (non-hydrogen) atoms. The highest BCUT2D eigenvalue weighted by atomic mass is 16.5. The molecule has 1 aromatic carbocycles. The summed E-state index contributed by atoms with van der Waals surface area (Å²) in [5, 5.41) is 3.69. The Morgan fingerprint density at radius 2 is 1.93 bits per heavy atom. The van der Waals surface area contributed by atoms with Crippen molar-refractivity contribution < 1.29 is 14.2 Å². The average molecular weight is 399 g/mol. The summed E-state index contributed by atoms with van der Waals surface area (Å²) in [5.74, 6) is 2.91. The molecule has 0 radical (unpaired) electrons. The molecule has 0 spiro atoms. The zero-order valence-electron chi connectivity index (χ0n) is 17.7. The predicted molar refractivity (Wildman–Crippen MR) is 115 cm³/mol. The molecule has 5 heteroatoms. The fourth-order valence-corrected chi connectivity index (χ4v) is 4.82. The van der Waals surface area contributed by atoms with Crippen LogP contribution < -0.4 is 10.1 Å². The molecule has 1 heterocycles. The summed E-state index contributed by atoms with van der Waals surface area (Å²) >= 11 is 0. The molecule has 1 saturated carbocycles. The van der Waals surface area contributed by atoms with Crippen molar-refractivity contribution in [3.8, 4) is 5.75 Å². The number of nitrogens with one attached hydrogen (secondary N) is 1. The summed E-state index contributed by atoms with van der Waals surface area (Å²) < 4.78 is 17.5. The van der Waals surface area contributed by atoms with Gasteiger partial charge in [-0.15, -0.1) is 0 Å².